The van der Waals surface area contributed by atoms with Gasteiger partial charge in [-0.15, -0.1) is 0 Å². The van der Waals surface area contributed by atoms with E-state index in [9.17, 15) is 9.59 Å². The van der Waals surface area contributed by atoms with Crippen molar-refractivity contribution in [3.05, 3.63) is 96.4 Å². The van der Waals surface area contributed by atoms with Gasteiger partial charge < -0.3 is 4.74 Å². The first-order valence-corrected chi connectivity index (χ1v) is 11.4. The summed E-state index contributed by atoms with van der Waals surface area (Å²) in [5, 5.41) is 0. The van der Waals surface area contributed by atoms with Crippen molar-refractivity contribution in [1.29, 1.82) is 0 Å². The number of ether oxygens (including phenoxy) is 1. The average molecular weight is 448 g/mol. The minimum absolute atomic E-state index is 0.190. The van der Waals surface area contributed by atoms with Crippen LogP contribution in [0.15, 0.2) is 69.8 Å². The van der Waals surface area contributed by atoms with Crippen LogP contribution < -0.4 is 14.9 Å². The van der Waals surface area contributed by atoms with Crippen LogP contribution in [0, 0.1) is 0 Å². The molecule has 3 heterocycles. The van der Waals surface area contributed by atoms with Gasteiger partial charge in [-0.1, -0.05) is 55.5 Å². The van der Waals surface area contributed by atoms with E-state index in [1.54, 1.807) is 36.9 Å². The minimum Gasteiger partial charge on any atom is -0.463 e. The lowest BCUT2D eigenvalue weighted by molar-refractivity contribution is -0.139. The highest BCUT2D eigenvalue weighted by Gasteiger charge is 2.33. The predicted octanol–water partition coefficient (Wildman–Crippen LogP) is 3.32. The SMILES string of the molecule is CCOC(=O)C1=C(C)N=c2sc(=Cc3cccnc3)c(=O)n2C1c1ccc(C(C)C)cc1. The molecule has 1 aromatic carbocycles. The van der Waals surface area contributed by atoms with Gasteiger partial charge in [0.1, 0.15) is 0 Å². The third-order valence-electron chi connectivity index (χ3n) is 5.42. The number of fused-ring (bicyclic) bond motifs is 1. The summed E-state index contributed by atoms with van der Waals surface area (Å²) in [5.74, 6) is -0.0689. The van der Waals surface area contributed by atoms with E-state index >= 15 is 0 Å². The summed E-state index contributed by atoms with van der Waals surface area (Å²) in [4.78, 5) is 35.7. The summed E-state index contributed by atoms with van der Waals surface area (Å²) in [5.41, 5.74) is 3.64. The number of esters is 1. The van der Waals surface area contributed by atoms with Gasteiger partial charge in [-0.2, -0.15) is 0 Å². The van der Waals surface area contributed by atoms with Crippen molar-refractivity contribution in [1.82, 2.24) is 9.55 Å². The summed E-state index contributed by atoms with van der Waals surface area (Å²) in [6.45, 7) is 8.07. The van der Waals surface area contributed by atoms with Crippen molar-refractivity contribution in [2.24, 2.45) is 4.99 Å². The van der Waals surface area contributed by atoms with E-state index in [0.29, 0.717) is 26.5 Å². The molecule has 0 saturated carbocycles. The van der Waals surface area contributed by atoms with E-state index in [0.717, 1.165) is 11.1 Å². The molecule has 0 spiro atoms. The van der Waals surface area contributed by atoms with Crippen molar-refractivity contribution in [3.63, 3.8) is 0 Å². The molecule has 6 nitrogen and oxygen atoms in total. The van der Waals surface area contributed by atoms with E-state index in [-0.39, 0.29) is 12.2 Å². The monoisotopic (exact) mass is 447 g/mol. The van der Waals surface area contributed by atoms with Gasteiger partial charge >= 0.3 is 5.97 Å². The lowest BCUT2D eigenvalue weighted by atomic mass is 9.93. The first-order chi connectivity index (χ1) is 15.4. The number of rotatable bonds is 5. The molecule has 1 aliphatic heterocycles. The zero-order valence-electron chi connectivity index (χ0n) is 18.5. The van der Waals surface area contributed by atoms with Crippen molar-refractivity contribution in [3.8, 4) is 0 Å². The smallest absolute Gasteiger partial charge is 0.338 e. The molecule has 0 aliphatic carbocycles. The summed E-state index contributed by atoms with van der Waals surface area (Å²) in [6.07, 6.45) is 5.20. The Hall–Kier alpha value is -3.32. The molecule has 0 N–H and O–H groups in total. The van der Waals surface area contributed by atoms with Gasteiger partial charge in [-0.3, -0.25) is 14.3 Å². The number of hydrogen-bond donors (Lipinski definition) is 0. The van der Waals surface area contributed by atoms with E-state index in [2.05, 4.69) is 23.8 Å². The number of thiazole rings is 1. The van der Waals surface area contributed by atoms with Gasteiger partial charge in [-0.25, -0.2) is 9.79 Å². The Bertz CT molecular complexity index is 1350. The van der Waals surface area contributed by atoms with Gasteiger partial charge in [0.05, 0.1) is 28.5 Å². The maximum absolute atomic E-state index is 13.5. The van der Waals surface area contributed by atoms with Crippen LogP contribution in [0.2, 0.25) is 0 Å². The molecule has 0 bridgehead atoms. The molecule has 4 rings (SSSR count). The molecular weight excluding hydrogens is 422 g/mol. The van der Waals surface area contributed by atoms with Crippen LogP contribution in [0.4, 0.5) is 0 Å². The number of pyridine rings is 1. The van der Waals surface area contributed by atoms with Gasteiger partial charge in [0.2, 0.25) is 0 Å². The summed E-state index contributed by atoms with van der Waals surface area (Å²) < 4.78 is 7.49. The minimum atomic E-state index is -0.595. The quantitative estimate of drug-likeness (QED) is 0.563. The Kier molecular flexibility index (Phi) is 6.19. The molecule has 0 amide bonds. The van der Waals surface area contributed by atoms with Crippen LogP contribution >= 0.6 is 11.3 Å². The van der Waals surface area contributed by atoms with Crippen LogP contribution in [-0.2, 0) is 9.53 Å². The first kappa shape index (κ1) is 21.9. The highest BCUT2D eigenvalue weighted by Crippen LogP contribution is 2.31. The molecule has 1 atom stereocenters. The van der Waals surface area contributed by atoms with E-state index in [1.807, 2.05) is 36.4 Å². The fraction of sp³-hybridized carbons (Fsp3) is 0.280. The zero-order chi connectivity index (χ0) is 22.8. The number of aromatic nitrogens is 2. The molecule has 0 radical (unpaired) electrons. The van der Waals surface area contributed by atoms with Gasteiger partial charge in [0.15, 0.2) is 4.80 Å². The van der Waals surface area contributed by atoms with E-state index in [4.69, 9.17) is 4.74 Å². The number of hydrogen-bond acceptors (Lipinski definition) is 6. The Labute approximate surface area is 190 Å². The number of nitrogens with zero attached hydrogens (tertiary/aromatic N) is 3. The Morgan fingerprint density at radius 1 is 1.25 bits per heavy atom. The average Bonchev–Trinajstić information content (AvgIpc) is 3.08. The second-order valence-electron chi connectivity index (χ2n) is 7.91. The van der Waals surface area contributed by atoms with Crippen LogP contribution in [0.25, 0.3) is 6.08 Å². The van der Waals surface area contributed by atoms with E-state index in [1.165, 1.54) is 16.9 Å². The standard InChI is InChI=1S/C25H25N3O3S/c1-5-31-24(30)21-16(4)27-25-28(22(21)19-10-8-18(9-11-19)15(2)3)23(29)20(32-25)13-17-7-6-12-26-14-17/h6-15,22H,5H2,1-4H3. The Morgan fingerprint density at radius 3 is 2.62 bits per heavy atom. The summed E-state index contributed by atoms with van der Waals surface area (Å²) >= 11 is 1.31. The zero-order valence-corrected chi connectivity index (χ0v) is 19.3. The van der Waals surface area contributed by atoms with Crippen LogP contribution in [-0.4, -0.2) is 22.1 Å². The highest BCUT2D eigenvalue weighted by atomic mass is 32.1. The molecule has 0 saturated heterocycles. The summed E-state index contributed by atoms with van der Waals surface area (Å²) in [7, 11) is 0. The van der Waals surface area contributed by atoms with Crippen LogP contribution in [0.1, 0.15) is 56.3 Å². The number of carbonyl (C=O) groups excluding carboxylic acids is 1. The maximum atomic E-state index is 13.5. The lowest BCUT2D eigenvalue weighted by Gasteiger charge is -2.25. The fourth-order valence-electron chi connectivity index (χ4n) is 3.78. The van der Waals surface area contributed by atoms with Gasteiger partial charge in [0, 0.05) is 12.4 Å². The number of allylic oxidation sites excluding steroid dienone is 1. The van der Waals surface area contributed by atoms with E-state index < -0.39 is 12.0 Å². The molecule has 0 fully saturated rings. The third kappa shape index (κ3) is 4.08. The largest absolute Gasteiger partial charge is 0.463 e. The molecule has 164 valence electrons. The van der Waals surface area contributed by atoms with Gasteiger partial charge in [0.25, 0.3) is 5.56 Å². The molecule has 7 heteroatoms. The topological polar surface area (TPSA) is 73.6 Å². The van der Waals surface area contributed by atoms with Crippen molar-refractivity contribution >= 4 is 23.4 Å². The highest BCUT2D eigenvalue weighted by molar-refractivity contribution is 7.07. The van der Waals surface area contributed by atoms with Crippen molar-refractivity contribution < 1.29 is 9.53 Å². The van der Waals surface area contributed by atoms with Crippen LogP contribution in [0.5, 0.6) is 0 Å². The van der Waals surface area contributed by atoms with Crippen molar-refractivity contribution in [2.45, 2.75) is 39.7 Å². The first-order valence-electron chi connectivity index (χ1n) is 10.6. The van der Waals surface area contributed by atoms with Crippen LogP contribution in [0.3, 0.4) is 0 Å². The summed E-state index contributed by atoms with van der Waals surface area (Å²) in [6, 6.07) is 11.2. The Balaban J connectivity index is 1.94. The third-order valence-corrected chi connectivity index (χ3v) is 6.40. The number of carbonyl (C=O) groups is 1. The second kappa shape index (κ2) is 9.04. The van der Waals surface area contributed by atoms with Gasteiger partial charge in [-0.05, 0) is 48.6 Å². The number of benzene rings is 1. The molecular formula is C25H25N3O3S. The second-order valence-corrected chi connectivity index (χ2v) is 8.92. The Morgan fingerprint density at radius 2 is 2.00 bits per heavy atom. The normalized spacial score (nSPS) is 16.2. The van der Waals surface area contributed by atoms with Crippen molar-refractivity contribution in [2.75, 3.05) is 6.61 Å². The lowest BCUT2D eigenvalue weighted by Crippen LogP contribution is -2.39. The fourth-order valence-corrected chi connectivity index (χ4v) is 4.83. The molecule has 3 aromatic rings. The predicted molar refractivity (Wildman–Crippen MR) is 125 cm³/mol. The molecule has 2 aromatic heterocycles. The molecule has 1 aliphatic rings. The molecule has 32 heavy (non-hydrogen) atoms. The maximum Gasteiger partial charge on any atom is 0.338 e. The molecule has 1 unspecified atom stereocenters.